The highest BCUT2D eigenvalue weighted by molar-refractivity contribution is 6.05. The van der Waals surface area contributed by atoms with Crippen LogP contribution in [0.25, 0.3) is 11.4 Å². The zero-order valence-corrected chi connectivity index (χ0v) is 12.9. The molecular weight excluding hydrogens is 292 g/mol. The third kappa shape index (κ3) is 3.23. The van der Waals surface area contributed by atoms with Crippen LogP contribution in [0.15, 0.2) is 36.7 Å². The maximum Gasteiger partial charge on any atom is 0.257 e. The van der Waals surface area contributed by atoms with E-state index in [4.69, 9.17) is 0 Å². The van der Waals surface area contributed by atoms with E-state index in [1.807, 2.05) is 31.2 Å². The van der Waals surface area contributed by atoms with Crippen molar-refractivity contribution in [3.05, 3.63) is 53.6 Å². The van der Waals surface area contributed by atoms with Crippen LogP contribution in [-0.2, 0) is 6.42 Å². The summed E-state index contributed by atoms with van der Waals surface area (Å²) in [7, 11) is 0. The number of anilines is 1. The Bertz CT molecular complexity index is 828. The second-order valence-electron chi connectivity index (χ2n) is 5.06. The molecule has 2 aromatic heterocycles. The van der Waals surface area contributed by atoms with Gasteiger partial charge in [0.1, 0.15) is 6.33 Å². The van der Waals surface area contributed by atoms with E-state index < -0.39 is 0 Å². The highest BCUT2D eigenvalue weighted by Crippen LogP contribution is 2.19. The molecule has 0 saturated heterocycles. The van der Waals surface area contributed by atoms with Gasteiger partial charge in [0.05, 0.1) is 17.0 Å². The summed E-state index contributed by atoms with van der Waals surface area (Å²) in [5.41, 5.74) is 3.45. The van der Waals surface area contributed by atoms with Crippen LogP contribution in [0.5, 0.6) is 0 Å². The fourth-order valence-electron chi connectivity index (χ4n) is 2.18. The van der Waals surface area contributed by atoms with Gasteiger partial charge in [0.2, 0.25) is 0 Å². The number of nitrogens with zero attached hydrogens (tertiary/aromatic N) is 4. The third-order valence-corrected chi connectivity index (χ3v) is 3.44. The number of amides is 1. The molecule has 0 saturated carbocycles. The van der Waals surface area contributed by atoms with Crippen molar-refractivity contribution in [3.8, 4) is 11.4 Å². The van der Waals surface area contributed by atoms with Crippen LogP contribution in [0.1, 0.15) is 28.7 Å². The van der Waals surface area contributed by atoms with Crippen molar-refractivity contribution < 1.29 is 4.79 Å². The predicted molar refractivity (Wildman–Crippen MR) is 85.9 cm³/mol. The molecule has 0 fully saturated rings. The fraction of sp³-hybridized carbons (Fsp3) is 0.188. The number of hydrogen-bond acceptors (Lipinski definition) is 5. The van der Waals surface area contributed by atoms with Crippen LogP contribution >= 0.6 is 0 Å². The Labute approximate surface area is 133 Å². The van der Waals surface area contributed by atoms with Gasteiger partial charge in [-0.15, -0.1) is 0 Å². The molecule has 0 aliphatic rings. The molecule has 1 amide bonds. The SMILES string of the molecule is CCc1cc(C(=O)Nc2cccc(-c3ncn[nH]3)c2)c(C)nn1. The summed E-state index contributed by atoms with van der Waals surface area (Å²) in [5, 5.41) is 17.6. The molecule has 1 aromatic carbocycles. The van der Waals surface area contributed by atoms with Gasteiger partial charge in [-0.3, -0.25) is 9.89 Å². The largest absolute Gasteiger partial charge is 0.322 e. The Balaban J connectivity index is 1.85. The first kappa shape index (κ1) is 14.8. The average Bonchev–Trinajstić information content (AvgIpc) is 3.10. The van der Waals surface area contributed by atoms with E-state index in [2.05, 4.69) is 30.7 Å². The van der Waals surface area contributed by atoms with Gasteiger partial charge in [0.15, 0.2) is 5.82 Å². The van der Waals surface area contributed by atoms with E-state index in [1.165, 1.54) is 6.33 Å². The molecule has 0 radical (unpaired) electrons. The van der Waals surface area contributed by atoms with Crippen LogP contribution < -0.4 is 5.32 Å². The predicted octanol–water partition coefficient (Wildman–Crippen LogP) is 2.38. The summed E-state index contributed by atoms with van der Waals surface area (Å²) in [4.78, 5) is 16.6. The van der Waals surface area contributed by atoms with Gasteiger partial charge in [-0.1, -0.05) is 19.1 Å². The zero-order valence-electron chi connectivity index (χ0n) is 12.9. The first-order chi connectivity index (χ1) is 11.2. The van der Waals surface area contributed by atoms with Gasteiger partial charge in [-0.25, -0.2) is 4.98 Å². The van der Waals surface area contributed by atoms with Crippen LogP contribution in [0.2, 0.25) is 0 Å². The molecule has 0 aliphatic heterocycles. The van der Waals surface area contributed by atoms with Gasteiger partial charge < -0.3 is 5.32 Å². The second-order valence-corrected chi connectivity index (χ2v) is 5.06. The van der Waals surface area contributed by atoms with Crippen molar-refractivity contribution >= 4 is 11.6 Å². The fourth-order valence-corrected chi connectivity index (χ4v) is 2.18. The number of aryl methyl sites for hydroxylation is 2. The van der Waals surface area contributed by atoms with Gasteiger partial charge in [-0.05, 0) is 31.5 Å². The zero-order chi connectivity index (χ0) is 16.2. The van der Waals surface area contributed by atoms with Crippen molar-refractivity contribution in [2.75, 3.05) is 5.32 Å². The summed E-state index contributed by atoms with van der Waals surface area (Å²) in [5.74, 6) is 0.443. The van der Waals surface area contributed by atoms with E-state index in [-0.39, 0.29) is 5.91 Å². The number of aromatic nitrogens is 5. The lowest BCUT2D eigenvalue weighted by Crippen LogP contribution is -2.15. The molecule has 3 rings (SSSR count). The van der Waals surface area contributed by atoms with E-state index in [1.54, 1.807) is 13.0 Å². The lowest BCUT2D eigenvalue weighted by Gasteiger charge is -2.09. The smallest absolute Gasteiger partial charge is 0.257 e. The summed E-state index contributed by atoms with van der Waals surface area (Å²) in [6.45, 7) is 3.74. The minimum atomic E-state index is -0.207. The lowest BCUT2D eigenvalue weighted by molar-refractivity contribution is 0.102. The normalized spacial score (nSPS) is 10.5. The van der Waals surface area contributed by atoms with Crippen LogP contribution in [0.4, 0.5) is 5.69 Å². The van der Waals surface area contributed by atoms with Crippen LogP contribution in [0.3, 0.4) is 0 Å². The van der Waals surface area contributed by atoms with Crippen LogP contribution in [0, 0.1) is 6.92 Å². The van der Waals surface area contributed by atoms with Gasteiger partial charge in [0, 0.05) is 11.3 Å². The number of aromatic amines is 1. The number of rotatable bonds is 4. The van der Waals surface area contributed by atoms with Crippen LogP contribution in [-0.4, -0.2) is 31.3 Å². The Morgan fingerprint density at radius 3 is 2.87 bits per heavy atom. The Morgan fingerprint density at radius 2 is 2.13 bits per heavy atom. The molecule has 3 aromatic rings. The van der Waals surface area contributed by atoms with Crippen molar-refractivity contribution in [2.45, 2.75) is 20.3 Å². The molecule has 2 heterocycles. The average molecular weight is 308 g/mol. The molecule has 2 N–H and O–H groups in total. The van der Waals surface area contributed by atoms with Crippen molar-refractivity contribution in [1.29, 1.82) is 0 Å². The maximum absolute atomic E-state index is 12.5. The molecule has 0 spiro atoms. The van der Waals surface area contributed by atoms with Gasteiger partial charge in [-0.2, -0.15) is 15.3 Å². The summed E-state index contributed by atoms with van der Waals surface area (Å²) in [6, 6.07) is 9.18. The second kappa shape index (κ2) is 6.35. The minimum Gasteiger partial charge on any atom is -0.322 e. The standard InChI is InChI=1S/C16H16N6O/c1-3-12-8-14(10(2)20-21-12)16(23)19-13-6-4-5-11(7-13)15-17-9-18-22-15/h4-9H,3H2,1-2H3,(H,19,23)(H,17,18,22). The minimum absolute atomic E-state index is 0.207. The highest BCUT2D eigenvalue weighted by Gasteiger charge is 2.12. The summed E-state index contributed by atoms with van der Waals surface area (Å²) < 4.78 is 0. The Hall–Kier alpha value is -3.09. The summed E-state index contributed by atoms with van der Waals surface area (Å²) in [6.07, 6.45) is 2.17. The maximum atomic E-state index is 12.5. The monoisotopic (exact) mass is 308 g/mol. The first-order valence-corrected chi connectivity index (χ1v) is 7.27. The van der Waals surface area contributed by atoms with E-state index in [0.29, 0.717) is 22.8 Å². The molecule has 23 heavy (non-hydrogen) atoms. The van der Waals surface area contributed by atoms with Gasteiger partial charge >= 0.3 is 0 Å². The molecule has 7 heteroatoms. The molecule has 0 aliphatic carbocycles. The molecule has 116 valence electrons. The topological polar surface area (TPSA) is 96.5 Å². The Kier molecular flexibility index (Phi) is 4.09. The van der Waals surface area contributed by atoms with E-state index in [0.717, 1.165) is 17.7 Å². The number of carbonyl (C=O) groups is 1. The van der Waals surface area contributed by atoms with E-state index in [9.17, 15) is 4.79 Å². The molecule has 7 nitrogen and oxygen atoms in total. The number of benzene rings is 1. The lowest BCUT2D eigenvalue weighted by atomic mass is 10.1. The van der Waals surface area contributed by atoms with Gasteiger partial charge in [0.25, 0.3) is 5.91 Å². The van der Waals surface area contributed by atoms with Crippen molar-refractivity contribution in [2.24, 2.45) is 0 Å². The number of H-pyrrole nitrogens is 1. The number of nitrogens with one attached hydrogen (secondary N) is 2. The van der Waals surface area contributed by atoms with Crippen molar-refractivity contribution in [3.63, 3.8) is 0 Å². The number of hydrogen-bond donors (Lipinski definition) is 2. The van der Waals surface area contributed by atoms with Crippen molar-refractivity contribution in [1.82, 2.24) is 25.4 Å². The van der Waals surface area contributed by atoms with E-state index >= 15 is 0 Å². The number of carbonyl (C=O) groups excluding carboxylic acids is 1. The molecule has 0 unspecified atom stereocenters. The third-order valence-electron chi connectivity index (χ3n) is 3.44. The quantitative estimate of drug-likeness (QED) is 0.771. The Morgan fingerprint density at radius 1 is 1.26 bits per heavy atom. The molecule has 0 bridgehead atoms. The molecular formula is C16H16N6O. The summed E-state index contributed by atoms with van der Waals surface area (Å²) >= 11 is 0. The highest BCUT2D eigenvalue weighted by atomic mass is 16.1. The first-order valence-electron chi connectivity index (χ1n) is 7.27. The molecule has 0 atom stereocenters.